The minimum atomic E-state index is -0.618. The second kappa shape index (κ2) is 6.65. The maximum absolute atomic E-state index is 13.2. The first-order chi connectivity index (χ1) is 13.4. The Morgan fingerprint density at radius 2 is 1.89 bits per heavy atom. The first-order valence-electron chi connectivity index (χ1n) is 8.46. The number of rotatable bonds is 3. The fourth-order valence-corrected chi connectivity index (χ4v) is 3.58. The number of nitrogens with one attached hydrogen (secondary N) is 1. The number of halogens is 1. The highest BCUT2D eigenvalue weighted by atomic mass is 35.5. The molecule has 2 aliphatic heterocycles. The van der Waals surface area contributed by atoms with Crippen molar-refractivity contribution < 1.29 is 14.5 Å². The van der Waals surface area contributed by atoms with Crippen molar-refractivity contribution in [3.63, 3.8) is 0 Å². The van der Waals surface area contributed by atoms with E-state index < -0.39 is 11.0 Å². The van der Waals surface area contributed by atoms with Crippen molar-refractivity contribution in [3.8, 4) is 0 Å². The molecule has 0 fully saturated rings. The van der Waals surface area contributed by atoms with Crippen LogP contribution in [0.4, 0.5) is 16.2 Å². The number of benzene rings is 2. The molecule has 2 aromatic carbocycles. The van der Waals surface area contributed by atoms with Gasteiger partial charge in [-0.25, -0.2) is 4.79 Å². The number of amides is 3. The van der Waals surface area contributed by atoms with Gasteiger partial charge in [0.2, 0.25) is 0 Å². The Bertz CT molecular complexity index is 1030. The summed E-state index contributed by atoms with van der Waals surface area (Å²) in [5, 5.41) is 14.5. The molecular weight excluding hydrogens is 384 g/mol. The zero-order valence-electron chi connectivity index (χ0n) is 14.8. The fourth-order valence-electron chi connectivity index (χ4n) is 3.46. The summed E-state index contributed by atoms with van der Waals surface area (Å²) >= 11 is 5.95. The standard InChI is InChI=1S/C19H15ClN4O4/c1-22-15-10-23(13-3-2-4-14(9-13)24(27)28)18(25)16(15)17(21-19(22)26)11-5-7-12(20)8-6-11/h2-9,17H,10H2,1H3,(H,21,26)/t17-/m1/s1. The zero-order chi connectivity index (χ0) is 20.0. The number of likely N-dealkylation sites (N-methyl/N-ethyl adjacent to an activating group) is 1. The predicted octanol–water partition coefficient (Wildman–Crippen LogP) is 3.25. The Morgan fingerprint density at radius 1 is 1.18 bits per heavy atom. The van der Waals surface area contributed by atoms with Gasteiger partial charge in [0.05, 0.1) is 34.5 Å². The number of hydrogen-bond acceptors (Lipinski definition) is 4. The van der Waals surface area contributed by atoms with Crippen LogP contribution in [0.15, 0.2) is 59.8 Å². The number of hydrogen-bond donors (Lipinski definition) is 1. The van der Waals surface area contributed by atoms with E-state index in [1.165, 1.54) is 28.0 Å². The molecule has 0 aliphatic carbocycles. The number of carbonyl (C=O) groups excluding carboxylic acids is 2. The molecule has 4 rings (SSSR count). The summed E-state index contributed by atoms with van der Waals surface area (Å²) in [7, 11) is 1.59. The van der Waals surface area contributed by atoms with Gasteiger partial charge in [0.1, 0.15) is 0 Å². The normalized spacial score (nSPS) is 19.0. The highest BCUT2D eigenvalue weighted by molar-refractivity contribution is 6.30. The molecule has 0 spiro atoms. The van der Waals surface area contributed by atoms with Crippen LogP contribution in [0.3, 0.4) is 0 Å². The van der Waals surface area contributed by atoms with Gasteiger partial charge >= 0.3 is 6.03 Å². The van der Waals surface area contributed by atoms with E-state index in [0.29, 0.717) is 22.0 Å². The molecule has 0 saturated heterocycles. The van der Waals surface area contributed by atoms with E-state index in [4.69, 9.17) is 11.6 Å². The van der Waals surface area contributed by atoms with Gasteiger partial charge in [-0.1, -0.05) is 29.8 Å². The molecule has 142 valence electrons. The Labute approximate surface area is 165 Å². The molecule has 28 heavy (non-hydrogen) atoms. The van der Waals surface area contributed by atoms with E-state index in [1.54, 1.807) is 37.4 Å². The van der Waals surface area contributed by atoms with Gasteiger partial charge in [-0.3, -0.25) is 19.8 Å². The molecule has 3 amide bonds. The first kappa shape index (κ1) is 18.0. The summed E-state index contributed by atoms with van der Waals surface area (Å²) in [6.07, 6.45) is 0. The van der Waals surface area contributed by atoms with Gasteiger partial charge < -0.3 is 10.2 Å². The minimum absolute atomic E-state index is 0.105. The number of nitrogens with zero attached hydrogens (tertiary/aromatic N) is 3. The quantitative estimate of drug-likeness (QED) is 0.634. The lowest BCUT2D eigenvalue weighted by atomic mass is 9.96. The van der Waals surface area contributed by atoms with E-state index in [2.05, 4.69) is 5.32 Å². The van der Waals surface area contributed by atoms with Gasteiger partial charge in [-0.15, -0.1) is 0 Å². The summed E-state index contributed by atoms with van der Waals surface area (Å²) in [5.74, 6) is -0.303. The van der Waals surface area contributed by atoms with E-state index in [0.717, 1.165) is 5.56 Å². The molecule has 0 unspecified atom stereocenters. The lowest BCUT2D eigenvalue weighted by Crippen LogP contribution is -2.45. The van der Waals surface area contributed by atoms with Crippen LogP contribution in [0.25, 0.3) is 0 Å². The molecule has 1 atom stereocenters. The number of carbonyl (C=O) groups is 2. The SMILES string of the molecule is CN1C(=O)N[C@H](c2ccc(Cl)cc2)C2=C1CN(c1cccc([N+](=O)[O-])c1)C2=O. The van der Waals surface area contributed by atoms with Crippen molar-refractivity contribution in [3.05, 3.63) is 80.5 Å². The van der Waals surface area contributed by atoms with Crippen LogP contribution in [0, 0.1) is 10.1 Å². The van der Waals surface area contributed by atoms with E-state index in [-0.39, 0.29) is 24.2 Å². The summed E-state index contributed by atoms with van der Waals surface area (Å²) in [4.78, 5) is 39.0. The maximum Gasteiger partial charge on any atom is 0.322 e. The van der Waals surface area contributed by atoms with Crippen LogP contribution in [-0.2, 0) is 4.79 Å². The van der Waals surface area contributed by atoms with Gasteiger partial charge in [0.25, 0.3) is 11.6 Å². The van der Waals surface area contributed by atoms with Gasteiger partial charge in [0, 0.05) is 24.2 Å². The summed E-state index contributed by atoms with van der Waals surface area (Å²) in [6.45, 7) is 0.156. The average Bonchev–Trinajstić information content (AvgIpc) is 3.03. The largest absolute Gasteiger partial charge is 0.327 e. The summed E-state index contributed by atoms with van der Waals surface area (Å²) in [6, 6.07) is 11.8. The van der Waals surface area contributed by atoms with Crippen molar-refractivity contribution in [2.75, 3.05) is 18.5 Å². The highest BCUT2D eigenvalue weighted by Gasteiger charge is 2.43. The molecule has 0 radical (unpaired) electrons. The molecule has 0 aromatic heterocycles. The smallest absolute Gasteiger partial charge is 0.322 e. The van der Waals surface area contributed by atoms with E-state index >= 15 is 0 Å². The van der Waals surface area contributed by atoms with Gasteiger partial charge in [0.15, 0.2) is 0 Å². The third-order valence-electron chi connectivity index (χ3n) is 4.92. The fraction of sp³-hybridized carbons (Fsp3) is 0.158. The molecule has 9 heteroatoms. The van der Waals surface area contributed by atoms with Crippen molar-refractivity contribution >= 4 is 34.9 Å². The molecule has 8 nitrogen and oxygen atoms in total. The Morgan fingerprint density at radius 3 is 2.57 bits per heavy atom. The maximum atomic E-state index is 13.2. The van der Waals surface area contributed by atoms with Crippen molar-refractivity contribution in [1.29, 1.82) is 0 Å². The van der Waals surface area contributed by atoms with Crippen molar-refractivity contribution in [1.82, 2.24) is 10.2 Å². The molecule has 1 N–H and O–H groups in total. The molecule has 2 aromatic rings. The monoisotopic (exact) mass is 398 g/mol. The predicted molar refractivity (Wildman–Crippen MR) is 103 cm³/mol. The Hall–Kier alpha value is -3.39. The summed E-state index contributed by atoms with van der Waals surface area (Å²) in [5.41, 5.74) is 2.04. The number of anilines is 1. The Kier molecular flexibility index (Phi) is 4.27. The third-order valence-corrected chi connectivity index (χ3v) is 5.17. The molecule has 2 heterocycles. The third kappa shape index (κ3) is 2.87. The number of nitro groups is 1. The lowest BCUT2D eigenvalue weighted by Gasteiger charge is -2.31. The van der Waals surface area contributed by atoms with Crippen LogP contribution in [0.5, 0.6) is 0 Å². The van der Waals surface area contributed by atoms with Crippen LogP contribution < -0.4 is 10.2 Å². The van der Waals surface area contributed by atoms with E-state index in [1.807, 2.05) is 0 Å². The second-order valence-corrected chi connectivity index (χ2v) is 6.96. The lowest BCUT2D eigenvalue weighted by molar-refractivity contribution is -0.384. The van der Waals surface area contributed by atoms with Crippen LogP contribution in [-0.4, -0.2) is 35.4 Å². The van der Waals surface area contributed by atoms with Gasteiger partial charge in [-0.2, -0.15) is 0 Å². The number of nitro benzene ring substituents is 1. The minimum Gasteiger partial charge on any atom is -0.327 e. The van der Waals surface area contributed by atoms with Crippen molar-refractivity contribution in [2.24, 2.45) is 0 Å². The van der Waals surface area contributed by atoms with E-state index in [9.17, 15) is 19.7 Å². The number of urea groups is 1. The van der Waals surface area contributed by atoms with Crippen LogP contribution in [0.1, 0.15) is 11.6 Å². The average molecular weight is 399 g/mol. The molecule has 0 saturated carbocycles. The van der Waals surface area contributed by atoms with Crippen molar-refractivity contribution in [2.45, 2.75) is 6.04 Å². The molecule has 2 aliphatic rings. The van der Waals surface area contributed by atoms with Crippen LogP contribution >= 0.6 is 11.6 Å². The van der Waals surface area contributed by atoms with Crippen LogP contribution in [0.2, 0.25) is 5.02 Å². The topological polar surface area (TPSA) is 95.8 Å². The summed E-state index contributed by atoms with van der Waals surface area (Å²) < 4.78 is 0. The Balaban J connectivity index is 1.75. The molecular formula is C19H15ClN4O4. The van der Waals surface area contributed by atoms with Gasteiger partial charge in [-0.05, 0) is 23.8 Å². The number of non-ortho nitro benzene ring substituents is 1. The molecule has 0 bridgehead atoms. The zero-order valence-corrected chi connectivity index (χ0v) is 15.5. The highest BCUT2D eigenvalue weighted by Crippen LogP contribution is 2.38. The second-order valence-electron chi connectivity index (χ2n) is 6.52. The first-order valence-corrected chi connectivity index (χ1v) is 8.83.